The second-order valence-corrected chi connectivity index (χ2v) is 3.49. The summed E-state index contributed by atoms with van der Waals surface area (Å²) in [5.41, 5.74) is 4.38. The highest BCUT2D eigenvalue weighted by Crippen LogP contribution is 2.15. The van der Waals surface area contributed by atoms with Crippen LogP contribution in [0, 0.1) is 6.92 Å². The number of rotatable bonds is 4. The normalized spacial score (nSPS) is 10.4. The maximum absolute atomic E-state index is 3.22. The molecule has 0 heterocycles. The van der Waals surface area contributed by atoms with Crippen molar-refractivity contribution in [1.29, 1.82) is 0 Å². The van der Waals surface area contributed by atoms with Gasteiger partial charge in [-0.1, -0.05) is 31.5 Å². The highest BCUT2D eigenvalue weighted by molar-refractivity contribution is 5.34. The van der Waals surface area contributed by atoms with Crippen molar-refractivity contribution in [1.82, 2.24) is 5.32 Å². The topological polar surface area (TPSA) is 12.0 Å². The van der Waals surface area contributed by atoms with E-state index >= 15 is 0 Å². The van der Waals surface area contributed by atoms with E-state index in [1.807, 2.05) is 7.05 Å². The monoisotopic (exact) mass is 177 g/mol. The molecule has 1 heteroatoms. The molecule has 0 saturated heterocycles. The van der Waals surface area contributed by atoms with Gasteiger partial charge < -0.3 is 5.32 Å². The van der Waals surface area contributed by atoms with Crippen molar-refractivity contribution >= 4 is 0 Å². The van der Waals surface area contributed by atoms with Crippen LogP contribution in [-0.2, 0) is 13.0 Å². The van der Waals surface area contributed by atoms with Crippen LogP contribution in [0.2, 0.25) is 0 Å². The van der Waals surface area contributed by atoms with Crippen LogP contribution < -0.4 is 5.32 Å². The summed E-state index contributed by atoms with van der Waals surface area (Å²) >= 11 is 0. The minimum Gasteiger partial charge on any atom is -0.316 e. The molecule has 0 radical (unpaired) electrons. The van der Waals surface area contributed by atoms with Gasteiger partial charge in [0.15, 0.2) is 0 Å². The molecule has 1 nitrogen and oxygen atoms in total. The lowest BCUT2D eigenvalue weighted by Crippen LogP contribution is -2.09. The number of nitrogens with one attached hydrogen (secondary N) is 1. The van der Waals surface area contributed by atoms with E-state index < -0.39 is 0 Å². The quantitative estimate of drug-likeness (QED) is 0.745. The summed E-state index contributed by atoms with van der Waals surface area (Å²) < 4.78 is 0. The highest BCUT2D eigenvalue weighted by atomic mass is 14.8. The summed E-state index contributed by atoms with van der Waals surface area (Å²) in [6.07, 6.45) is 2.42. The van der Waals surface area contributed by atoms with E-state index in [-0.39, 0.29) is 0 Å². The molecule has 1 rings (SSSR count). The third kappa shape index (κ3) is 2.56. The molecule has 0 atom stereocenters. The van der Waals surface area contributed by atoms with E-state index in [4.69, 9.17) is 0 Å². The molecule has 0 unspecified atom stereocenters. The molecule has 0 spiro atoms. The van der Waals surface area contributed by atoms with Crippen molar-refractivity contribution in [2.24, 2.45) is 0 Å². The maximum Gasteiger partial charge on any atom is 0.0207 e. The van der Waals surface area contributed by atoms with Gasteiger partial charge in [0.2, 0.25) is 0 Å². The third-order valence-corrected chi connectivity index (χ3v) is 2.38. The van der Waals surface area contributed by atoms with Gasteiger partial charge in [-0.3, -0.25) is 0 Å². The Morgan fingerprint density at radius 2 is 2.08 bits per heavy atom. The molecule has 1 N–H and O–H groups in total. The first-order valence-electron chi connectivity index (χ1n) is 5.01. The average molecular weight is 177 g/mol. The lowest BCUT2D eigenvalue weighted by molar-refractivity contribution is 0.788. The average Bonchev–Trinajstić information content (AvgIpc) is 2.11. The smallest absolute Gasteiger partial charge is 0.0207 e. The van der Waals surface area contributed by atoms with E-state index in [9.17, 15) is 0 Å². The van der Waals surface area contributed by atoms with Crippen LogP contribution in [0.3, 0.4) is 0 Å². The van der Waals surface area contributed by atoms with E-state index in [0.29, 0.717) is 0 Å². The van der Waals surface area contributed by atoms with Crippen molar-refractivity contribution in [3.8, 4) is 0 Å². The fourth-order valence-corrected chi connectivity index (χ4v) is 1.70. The Kier molecular flexibility index (Phi) is 3.97. The summed E-state index contributed by atoms with van der Waals surface area (Å²) in [6, 6.07) is 6.58. The second kappa shape index (κ2) is 5.03. The minimum atomic E-state index is 0.988. The van der Waals surface area contributed by atoms with Crippen LogP contribution in [0.4, 0.5) is 0 Å². The molecular weight excluding hydrogens is 158 g/mol. The van der Waals surface area contributed by atoms with Gasteiger partial charge >= 0.3 is 0 Å². The molecule has 0 aliphatic rings. The second-order valence-electron chi connectivity index (χ2n) is 3.49. The number of benzene rings is 1. The molecule has 13 heavy (non-hydrogen) atoms. The molecule has 0 fully saturated rings. The Hall–Kier alpha value is -0.820. The Balaban J connectivity index is 2.95. The summed E-state index contributed by atoms with van der Waals surface area (Å²) in [5.74, 6) is 0. The first-order valence-corrected chi connectivity index (χ1v) is 5.01. The predicted molar refractivity (Wildman–Crippen MR) is 57.9 cm³/mol. The zero-order valence-corrected chi connectivity index (χ0v) is 8.85. The Morgan fingerprint density at radius 1 is 1.31 bits per heavy atom. The lowest BCUT2D eigenvalue weighted by Gasteiger charge is -2.11. The van der Waals surface area contributed by atoms with Crippen molar-refractivity contribution in [3.63, 3.8) is 0 Å². The molecule has 1 aromatic rings. The Labute approximate surface area is 81.2 Å². The summed E-state index contributed by atoms with van der Waals surface area (Å²) in [5, 5.41) is 3.22. The summed E-state index contributed by atoms with van der Waals surface area (Å²) in [7, 11) is 2.00. The fraction of sp³-hybridized carbons (Fsp3) is 0.500. The molecule has 0 aromatic heterocycles. The minimum absolute atomic E-state index is 0.988. The van der Waals surface area contributed by atoms with Gasteiger partial charge in [-0.15, -0.1) is 0 Å². The van der Waals surface area contributed by atoms with Crippen molar-refractivity contribution in [2.45, 2.75) is 33.2 Å². The summed E-state index contributed by atoms with van der Waals surface area (Å²) in [6.45, 7) is 5.40. The maximum atomic E-state index is 3.22. The van der Waals surface area contributed by atoms with Gasteiger partial charge in [0.25, 0.3) is 0 Å². The van der Waals surface area contributed by atoms with Crippen LogP contribution in [0.25, 0.3) is 0 Å². The predicted octanol–water partition coefficient (Wildman–Crippen LogP) is 2.67. The van der Waals surface area contributed by atoms with E-state index in [1.54, 1.807) is 0 Å². The Bertz CT molecular complexity index is 266. The van der Waals surface area contributed by atoms with Gasteiger partial charge in [-0.25, -0.2) is 0 Å². The SMILES string of the molecule is CCCc1cccc(C)c1CNC. The van der Waals surface area contributed by atoms with Crippen LogP contribution in [-0.4, -0.2) is 7.05 Å². The zero-order chi connectivity index (χ0) is 9.68. The highest BCUT2D eigenvalue weighted by Gasteiger charge is 2.02. The lowest BCUT2D eigenvalue weighted by atomic mass is 9.99. The van der Waals surface area contributed by atoms with Crippen molar-refractivity contribution in [2.75, 3.05) is 7.05 Å². The summed E-state index contributed by atoms with van der Waals surface area (Å²) in [4.78, 5) is 0. The number of hydrogen-bond donors (Lipinski definition) is 1. The molecular formula is C12H19N. The molecule has 1 aromatic carbocycles. The van der Waals surface area contributed by atoms with Gasteiger partial charge in [0, 0.05) is 6.54 Å². The van der Waals surface area contributed by atoms with Gasteiger partial charge in [-0.05, 0) is 37.1 Å². The molecule has 0 saturated carbocycles. The first-order chi connectivity index (χ1) is 6.29. The van der Waals surface area contributed by atoms with Crippen LogP contribution in [0.1, 0.15) is 30.0 Å². The largest absolute Gasteiger partial charge is 0.316 e. The number of hydrogen-bond acceptors (Lipinski definition) is 1. The van der Waals surface area contributed by atoms with Gasteiger partial charge in [0.05, 0.1) is 0 Å². The van der Waals surface area contributed by atoms with Gasteiger partial charge in [-0.2, -0.15) is 0 Å². The fourth-order valence-electron chi connectivity index (χ4n) is 1.70. The Morgan fingerprint density at radius 3 is 2.69 bits per heavy atom. The molecule has 0 bridgehead atoms. The molecule has 0 aliphatic heterocycles. The molecule has 0 aliphatic carbocycles. The van der Waals surface area contributed by atoms with Crippen LogP contribution in [0.5, 0.6) is 0 Å². The first kappa shape index (κ1) is 10.3. The van der Waals surface area contributed by atoms with Crippen molar-refractivity contribution in [3.05, 3.63) is 34.9 Å². The van der Waals surface area contributed by atoms with E-state index in [1.165, 1.54) is 29.5 Å². The van der Waals surface area contributed by atoms with Crippen LogP contribution in [0.15, 0.2) is 18.2 Å². The third-order valence-electron chi connectivity index (χ3n) is 2.38. The van der Waals surface area contributed by atoms with E-state index in [2.05, 4.69) is 37.4 Å². The zero-order valence-electron chi connectivity index (χ0n) is 8.85. The molecule has 0 amide bonds. The molecule has 72 valence electrons. The standard InChI is InChI=1S/C12H19N/c1-4-6-11-8-5-7-10(2)12(11)9-13-3/h5,7-8,13H,4,6,9H2,1-3H3. The van der Waals surface area contributed by atoms with E-state index in [0.717, 1.165) is 6.54 Å². The van der Waals surface area contributed by atoms with Crippen LogP contribution >= 0.6 is 0 Å². The van der Waals surface area contributed by atoms with Crippen molar-refractivity contribution < 1.29 is 0 Å². The van der Waals surface area contributed by atoms with Gasteiger partial charge in [0.1, 0.15) is 0 Å². The number of aryl methyl sites for hydroxylation is 2.